The summed E-state index contributed by atoms with van der Waals surface area (Å²) >= 11 is 0. The van der Waals surface area contributed by atoms with E-state index in [-0.39, 0.29) is 17.7 Å². The van der Waals surface area contributed by atoms with Crippen molar-refractivity contribution in [1.29, 1.82) is 0 Å². The smallest absolute Gasteiger partial charge is 0.0446 e. The Labute approximate surface area is 100 Å². The van der Waals surface area contributed by atoms with Gasteiger partial charge in [0.2, 0.25) is 0 Å². The zero-order chi connectivity index (χ0) is 12.6. The Hall–Kier alpha value is -0.120. The number of likely N-dealkylation sites (N-methyl/N-ethyl adjacent to an activating group) is 1. The lowest BCUT2D eigenvalue weighted by Crippen LogP contribution is -2.65. The third kappa shape index (κ3) is 2.96. The minimum absolute atomic E-state index is 0.186. The maximum absolute atomic E-state index is 9.15. The van der Waals surface area contributed by atoms with Crippen LogP contribution in [0.1, 0.15) is 41.0 Å². The van der Waals surface area contributed by atoms with Crippen molar-refractivity contribution in [2.24, 2.45) is 0 Å². The normalized spacial score (nSPS) is 28.3. The highest BCUT2D eigenvalue weighted by atomic mass is 16.3. The van der Waals surface area contributed by atoms with E-state index in [0.29, 0.717) is 6.04 Å². The molecule has 1 atom stereocenters. The van der Waals surface area contributed by atoms with Crippen molar-refractivity contribution >= 4 is 0 Å². The van der Waals surface area contributed by atoms with Crippen LogP contribution in [0.3, 0.4) is 0 Å². The fourth-order valence-electron chi connectivity index (χ4n) is 2.46. The molecule has 1 rings (SSSR count). The predicted octanol–water partition coefficient (Wildman–Crippen LogP) is 1.56. The first-order valence-electron chi connectivity index (χ1n) is 6.27. The fraction of sp³-hybridized carbons (Fsp3) is 1.00. The van der Waals surface area contributed by atoms with Crippen molar-refractivity contribution in [1.82, 2.24) is 9.80 Å². The quantitative estimate of drug-likeness (QED) is 0.777. The molecule has 0 aliphatic carbocycles. The van der Waals surface area contributed by atoms with Crippen molar-refractivity contribution < 1.29 is 5.11 Å². The number of aliphatic hydroxyl groups is 1. The van der Waals surface area contributed by atoms with E-state index in [1.54, 1.807) is 0 Å². The number of hydrogen-bond acceptors (Lipinski definition) is 3. The SMILES string of the molecule is CN1C(CCO)CN(C(C)(C)C)CC1(C)C. The molecule has 0 aromatic heterocycles. The molecular weight excluding hydrogens is 200 g/mol. The Morgan fingerprint density at radius 3 is 2.31 bits per heavy atom. The van der Waals surface area contributed by atoms with Crippen LogP contribution >= 0.6 is 0 Å². The van der Waals surface area contributed by atoms with Crippen molar-refractivity contribution in [2.45, 2.75) is 58.2 Å². The summed E-state index contributed by atoms with van der Waals surface area (Å²) in [6.07, 6.45) is 0.868. The van der Waals surface area contributed by atoms with Crippen LogP contribution in [0.5, 0.6) is 0 Å². The van der Waals surface area contributed by atoms with Gasteiger partial charge in [0.05, 0.1) is 0 Å². The van der Waals surface area contributed by atoms with Gasteiger partial charge in [0.1, 0.15) is 0 Å². The maximum Gasteiger partial charge on any atom is 0.0446 e. The third-order valence-electron chi connectivity index (χ3n) is 3.92. The first-order chi connectivity index (χ1) is 7.18. The van der Waals surface area contributed by atoms with E-state index in [1.165, 1.54) is 0 Å². The summed E-state index contributed by atoms with van der Waals surface area (Å²) in [4.78, 5) is 4.96. The highest BCUT2D eigenvalue weighted by Gasteiger charge is 2.40. The summed E-state index contributed by atoms with van der Waals surface area (Å²) in [6.45, 7) is 13.8. The Morgan fingerprint density at radius 1 is 1.31 bits per heavy atom. The van der Waals surface area contributed by atoms with Crippen molar-refractivity contribution in [3.8, 4) is 0 Å². The first kappa shape index (κ1) is 13.9. The molecule has 0 aromatic rings. The zero-order valence-corrected chi connectivity index (χ0v) is 11.7. The molecule has 0 saturated carbocycles. The van der Waals surface area contributed by atoms with E-state index < -0.39 is 0 Å². The lowest BCUT2D eigenvalue weighted by Gasteiger charge is -2.54. The molecule has 0 spiro atoms. The second-order valence-corrected chi connectivity index (χ2v) is 6.64. The van der Waals surface area contributed by atoms with Gasteiger partial charge in [-0.05, 0) is 48.1 Å². The molecule has 96 valence electrons. The second-order valence-electron chi connectivity index (χ2n) is 6.64. The van der Waals surface area contributed by atoms with Gasteiger partial charge in [-0.3, -0.25) is 9.80 Å². The van der Waals surface area contributed by atoms with E-state index in [1.807, 2.05) is 0 Å². The predicted molar refractivity (Wildman–Crippen MR) is 68.7 cm³/mol. The average Bonchev–Trinajstić information content (AvgIpc) is 2.11. The van der Waals surface area contributed by atoms with Crippen LogP contribution in [0.2, 0.25) is 0 Å². The molecule has 0 bridgehead atoms. The minimum Gasteiger partial charge on any atom is -0.396 e. The molecule has 1 unspecified atom stereocenters. The summed E-state index contributed by atoms with van der Waals surface area (Å²) in [5.74, 6) is 0. The Morgan fingerprint density at radius 2 is 1.88 bits per heavy atom. The van der Waals surface area contributed by atoms with Gasteiger partial charge in [0, 0.05) is 36.8 Å². The number of nitrogens with zero attached hydrogens (tertiary/aromatic N) is 2. The molecule has 1 fully saturated rings. The van der Waals surface area contributed by atoms with Gasteiger partial charge in [0.25, 0.3) is 0 Å². The topological polar surface area (TPSA) is 26.7 Å². The van der Waals surface area contributed by atoms with E-state index in [2.05, 4.69) is 51.5 Å². The van der Waals surface area contributed by atoms with Crippen molar-refractivity contribution in [3.05, 3.63) is 0 Å². The Balaban J connectivity index is 2.82. The van der Waals surface area contributed by atoms with Crippen molar-refractivity contribution in [2.75, 3.05) is 26.7 Å². The van der Waals surface area contributed by atoms with Gasteiger partial charge in [-0.25, -0.2) is 0 Å². The molecule has 1 N–H and O–H groups in total. The van der Waals surface area contributed by atoms with Crippen LogP contribution in [0, 0.1) is 0 Å². The van der Waals surface area contributed by atoms with E-state index in [9.17, 15) is 0 Å². The molecule has 0 radical (unpaired) electrons. The molecule has 0 aromatic carbocycles. The monoisotopic (exact) mass is 228 g/mol. The molecule has 1 aliphatic rings. The Kier molecular flexibility index (Phi) is 4.04. The molecule has 1 aliphatic heterocycles. The van der Waals surface area contributed by atoms with Crippen LogP contribution < -0.4 is 0 Å². The van der Waals surface area contributed by atoms with Gasteiger partial charge < -0.3 is 5.11 Å². The van der Waals surface area contributed by atoms with E-state index in [0.717, 1.165) is 19.5 Å². The third-order valence-corrected chi connectivity index (χ3v) is 3.92. The number of aliphatic hydroxyl groups excluding tert-OH is 1. The van der Waals surface area contributed by atoms with Gasteiger partial charge in [-0.15, -0.1) is 0 Å². The number of hydrogen-bond donors (Lipinski definition) is 1. The van der Waals surface area contributed by atoms with Crippen molar-refractivity contribution in [3.63, 3.8) is 0 Å². The largest absolute Gasteiger partial charge is 0.396 e. The molecule has 3 heteroatoms. The summed E-state index contributed by atoms with van der Waals surface area (Å²) in [5, 5.41) is 9.15. The lowest BCUT2D eigenvalue weighted by atomic mass is 9.90. The second kappa shape index (κ2) is 4.63. The highest BCUT2D eigenvalue weighted by molar-refractivity contribution is 4.97. The van der Waals surface area contributed by atoms with Crippen LogP contribution in [0.15, 0.2) is 0 Å². The molecule has 1 heterocycles. The standard InChI is InChI=1S/C13H28N2O/c1-12(2,3)15-9-11(7-8-16)14(6)13(4,5)10-15/h11,16H,7-10H2,1-6H3. The first-order valence-corrected chi connectivity index (χ1v) is 6.27. The zero-order valence-electron chi connectivity index (χ0n) is 11.7. The summed E-state index contributed by atoms with van der Waals surface area (Å²) in [6, 6.07) is 0.466. The van der Waals surface area contributed by atoms with Gasteiger partial charge in [-0.2, -0.15) is 0 Å². The van der Waals surface area contributed by atoms with Crippen LogP contribution in [0.25, 0.3) is 0 Å². The molecule has 1 saturated heterocycles. The van der Waals surface area contributed by atoms with Crippen LogP contribution in [-0.4, -0.2) is 58.8 Å². The minimum atomic E-state index is 0.186. The van der Waals surface area contributed by atoms with Crippen LogP contribution in [0.4, 0.5) is 0 Å². The van der Waals surface area contributed by atoms with E-state index in [4.69, 9.17) is 5.11 Å². The molecule has 0 amide bonds. The van der Waals surface area contributed by atoms with Crippen LogP contribution in [-0.2, 0) is 0 Å². The lowest BCUT2D eigenvalue weighted by molar-refractivity contribution is -0.0486. The molecule has 16 heavy (non-hydrogen) atoms. The Bertz CT molecular complexity index is 233. The molecular formula is C13H28N2O. The van der Waals surface area contributed by atoms with Gasteiger partial charge >= 0.3 is 0 Å². The van der Waals surface area contributed by atoms with E-state index >= 15 is 0 Å². The summed E-state index contributed by atoms with van der Waals surface area (Å²) in [7, 11) is 2.18. The molecule has 3 nitrogen and oxygen atoms in total. The number of piperazine rings is 1. The fourth-order valence-corrected chi connectivity index (χ4v) is 2.46. The maximum atomic E-state index is 9.15. The average molecular weight is 228 g/mol. The summed E-state index contributed by atoms with van der Waals surface area (Å²) < 4.78 is 0. The summed E-state index contributed by atoms with van der Waals surface area (Å²) in [5.41, 5.74) is 0.400. The number of rotatable bonds is 2. The van der Waals surface area contributed by atoms with Gasteiger partial charge in [0.15, 0.2) is 0 Å². The highest BCUT2D eigenvalue weighted by Crippen LogP contribution is 2.29. The van der Waals surface area contributed by atoms with Gasteiger partial charge in [-0.1, -0.05) is 0 Å².